The van der Waals surface area contributed by atoms with Crippen molar-refractivity contribution in [1.29, 1.82) is 0 Å². The van der Waals surface area contributed by atoms with Crippen LogP contribution in [0.1, 0.15) is 53.6 Å². The van der Waals surface area contributed by atoms with E-state index in [1.54, 1.807) is 12.1 Å². The summed E-state index contributed by atoms with van der Waals surface area (Å²) < 4.78 is 5.79. The average Bonchev–Trinajstić information content (AvgIpc) is 3.17. The topological polar surface area (TPSA) is 87.1 Å². The third kappa shape index (κ3) is 4.29. The highest BCUT2D eigenvalue weighted by molar-refractivity contribution is 5.97. The number of carbonyl (C=O) groups is 3. The van der Waals surface area contributed by atoms with Crippen molar-refractivity contribution in [3.05, 3.63) is 28.8 Å². The standard InChI is InChI=1S/C21H28N2O5/c1-14-11-16(20(25)23-10-6-7-17(23)21(26)27)12-15(2)19(14)28-13-18(24)22-8-4-3-5-9-22/h11-12,17H,3-10,13H2,1-2H3,(H,26,27)/t17-/m0/s1. The predicted molar refractivity (Wildman–Crippen MR) is 104 cm³/mol. The minimum atomic E-state index is -0.963. The van der Waals surface area contributed by atoms with Gasteiger partial charge in [0.1, 0.15) is 11.8 Å². The Balaban J connectivity index is 1.69. The number of carbonyl (C=O) groups excluding carboxylic acids is 2. The lowest BCUT2D eigenvalue weighted by Crippen LogP contribution is -2.40. The van der Waals surface area contributed by atoms with Gasteiger partial charge in [0.15, 0.2) is 6.61 Å². The van der Waals surface area contributed by atoms with Crippen molar-refractivity contribution in [1.82, 2.24) is 9.80 Å². The van der Waals surface area contributed by atoms with E-state index in [0.717, 1.165) is 43.5 Å². The molecule has 0 spiro atoms. The summed E-state index contributed by atoms with van der Waals surface area (Å²) in [4.78, 5) is 39.8. The maximum Gasteiger partial charge on any atom is 0.326 e. The smallest absolute Gasteiger partial charge is 0.326 e. The quantitative estimate of drug-likeness (QED) is 0.837. The molecule has 152 valence electrons. The number of hydrogen-bond donors (Lipinski definition) is 1. The average molecular weight is 388 g/mol. The van der Waals surface area contributed by atoms with Crippen LogP contribution >= 0.6 is 0 Å². The second-order valence-corrected chi connectivity index (χ2v) is 7.66. The molecule has 28 heavy (non-hydrogen) atoms. The third-order valence-electron chi connectivity index (χ3n) is 5.55. The summed E-state index contributed by atoms with van der Waals surface area (Å²) >= 11 is 0. The van der Waals surface area contributed by atoms with Gasteiger partial charge in [0, 0.05) is 25.2 Å². The Morgan fingerprint density at radius 3 is 2.29 bits per heavy atom. The molecule has 2 saturated heterocycles. The van der Waals surface area contributed by atoms with Crippen LogP contribution < -0.4 is 4.74 Å². The second kappa shape index (κ2) is 8.63. The van der Waals surface area contributed by atoms with Crippen LogP contribution in [0.5, 0.6) is 5.75 Å². The highest BCUT2D eigenvalue weighted by Crippen LogP contribution is 2.27. The zero-order chi connectivity index (χ0) is 20.3. The number of ether oxygens (including phenoxy) is 1. The van der Waals surface area contributed by atoms with Crippen molar-refractivity contribution in [3.8, 4) is 5.75 Å². The zero-order valence-electron chi connectivity index (χ0n) is 16.6. The molecule has 0 saturated carbocycles. The predicted octanol–water partition coefficient (Wildman–Crippen LogP) is 2.38. The van der Waals surface area contributed by atoms with E-state index < -0.39 is 12.0 Å². The zero-order valence-corrected chi connectivity index (χ0v) is 16.6. The number of amides is 2. The lowest BCUT2D eigenvalue weighted by molar-refractivity contribution is -0.141. The molecule has 3 rings (SSSR count). The van der Waals surface area contributed by atoms with Crippen LogP contribution in [-0.4, -0.2) is 65.0 Å². The van der Waals surface area contributed by atoms with Gasteiger partial charge in [-0.2, -0.15) is 0 Å². The summed E-state index contributed by atoms with van der Waals surface area (Å²) in [5.74, 6) is -0.638. The number of carboxylic acid groups (broad SMARTS) is 1. The second-order valence-electron chi connectivity index (χ2n) is 7.66. The van der Waals surface area contributed by atoms with E-state index in [4.69, 9.17) is 4.74 Å². The van der Waals surface area contributed by atoms with E-state index in [1.807, 2.05) is 18.7 Å². The minimum Gasteiger partial charge on any atom is -0.483 e. The number of aliphatic carboxylic acids is 1. The van der Waals surface area contributed by atoms with Crippen LogP contribution in [0.4, 0.5) is 0 Å². The van der Waals surface area contributed by atoms with Crippen molar-refractivity contribution in [2.24, 2.45) is 0 Å². The molecular formula is C21H28N2O5. The molecule has 1 aromatic rings. The Morgan fingerprint density at radius 1 is 1.04 bits per heavy atom. The van der Waals surface area contributed by atoms with Gasteiger partial charge < -0.3 is 19.6 Å². The van der Waals surface area contributed by atoms with Crippen molar-refractivity contribution in [2.75, 3.05) is 26.2 Å². The molecule has 0 bridgehead atoms. The molecule has 2 fully saturated rings. The first-order valence-corrected chi connectivity index (χ1v) is 9.94. The lowest BCUT2D eigenvalue weighted by Gasteiger charge is -2.27. The normalized spacial score (nSPS) is 19.6. The fourth-order valence-corrected chi connectivity index (χ4v) is 4.10. The van der Waals surface area contributed by atoms with Crippen molar-refractivity contribution < 1.29 is 24.2 Å². The van der Waals surface area contributed by atoms with Crippen molar-refractivity contribution in [3.63, 3.8) is 0 Å². The van der Waals surface area contributed by atoms with Gasteiger partial charge in [-0.05, 0) is 69.2 Å². The summed E-state index contributed by atoms with van der Waals surface area (Å²) in [6, 6.07) is 2.67. The molecule has 0 aromatic heterocycles. The highest BCUT2D eigenvalue weighted by Gasteiger charge is 2.34. The van der Waals surface area contributed by atoms with Crippen molar-refractivity contribution >= 4 is 17.8 Å². The number of benzene rings is 1. The molecule has 7 nitrogen and oxygen atoms in total. The number of aryl methyl sites for hydroxylation is 2. The summed E-state index contributed by atoms with van der Waals surface area (Å²) in [5, 5.41) is 9.31. The Hall–Kier alpha value is -2.57. The van der Waals surface area contributed by atoms with Crippen LogP contribution in [0.3, 0.4) is 0 Å². The highest BCUT2D eigenvalue weighted by atomic mass is 16.5. The van der Waals surface area contributed by atoms with E-state index in [2.05, 4.69) is 0 Å². The van der Waals surface area contributed by atoms with Gasteiger partial charge in [0.05, 0.1) is 0 Å². The van der Waals surface area contributed by atoms with E-state index in [0.29, 0.717) is 30.7 Å². The summed E-state index contributed by atoms with van der Waals surface area (Å²) in [6.07, 6.45) is 4.42. The molecule has 7 heteroatoms. The van der Waals surface area contributed by atoms with E-state index >= 15 is 0 Å². The Kier molecular flexibility index (Phi) is 6.21. The molecule has 1 aromatic carbocycles. The van der Waals surface area contributed by atoms with Crippen LogP contribution in [0.2, 0.25) is 0 Å². The first-order chi connectivity index (χ1) is 13.4. The first-order valence-electron chi connectivity index (χ1n) is 9.94. The maximum absolute atomic E-state index is 12.8. The van der Waals surface area contributed by atoms with Gasteiger partial charge in [-0.3, -0.25) is 9.59 Å². The molecule has 1 atom stereocenters. The largest absolute Gasteiger partial charge is 0.483 e. The Bertz CT molecular complexity index is 747. The van der Waals surface area contributed by atoms with Crippen LogP contribution in [-0.2, 0) is 9.59 Å². The minimum absolute atomic E-state index is 0.0117. The van der Waals surface area contributed by atoms with Crippen LogP contribution in [0, 0.1) is 13.8 Å². The van der Waals surface area contributed by atoms with Gasteiger partial charge in [-0.25, -0.2) is 4.79 Å². The number of likely N-dealkylation sites (tertiary alicyclic amines) is 2. The molecular weight excluding hydrogens is 360 g/mol. The number of piperidine rings is 1. The van der Waals surface area contributed by atoms with Gasteiger partial charge in [-0.15, -0.1) is 0 Å². The molecule has 1 N–H and O–H groups in total. The molecule has 2 aliphatic heterocycles. The van der Waals surface area contributed by atoms with Crippen LogP contribution in [0.15, 0.2) is 12.1 Å². The molecule has 2 heterocycles. The Morgan fingerprint density at radius 2 is 1.68 bits per heavy atom. The molecule has 2 amide bonds. The fourth-order valence-electron chi connectivity index (χ4n) is 4.10. The van der Waals surface area contributed by atoms with Gasteiger partial charge in [-0.1, -0.05) is 0 Å². The molecule has 0 aliphatic carbocycles. The summed E-state index contributed by atoms with van der Waals surface area (Å²) in [5.41, 5.74) is 1.99. The maximum atomic E-state index is 12.8. The summed E-state index contributed by atoms with van der Waals surface area (Å²) in [6.45, 7) is 5.69. The monoisotopic (exact) mass is 388 g/mol. The first kappa shape index (κ1) is 20.2. The third-order valence-corrected chi connectivity index (χ3v) is 5.55. The number of carboxylic acids is 1. The lowest BCUT2D eigenvalue weighted by atomic mass is 10.0. The van der Waals surface area contributed by atoms with Crippen LogP contribution in [0.25, 0.3) is 0 Å². The Labute approximate surface area is 165 Å². The molecule has 0 unspecified atom stereocenters. The summed E-state index contributed by atoms with van der Waals surface area (Å²) in [7, 11) is 0. The molecule has 0 radical (unpaired) electrons. The van der Waals surface area contributed by atoms with Gasteiger partial charge >= 0.3 is 5.97 Å². The van der Waals surface area contributed by atoms with E-state index in [9.17, 15) is 19.5 Å². The van der Waals surface area contributed by atoms with E-state index in [-0.39, 0.29) is 18.4 Å². The van der Waals surface area contributed by atoms with Gasteiger partial charge in [0.25, 0.3) is 11.8 Å². The molecule has 2 aliphatic rings. The number of rotatable bonds is 5. The van der Waals surface area contributed by atoms with Gasteiger partial charge in [0.2, 0.25) is 0 Å². The number of hydrogen-bond acceptors (Lipinski definition) is 4. The van der Waals surface area contributed by atoms with E-state index in [1.165, 1.54) is 4.90 Å². The fraction of sp³-hybridized carbons (Fsp3) is 0.571. The number of nitrogens with zero attached hydrogens (tertiary/aromatic N) is 2. The SMILES string of the molecule is Cc1cc(C(=O)N2CCC[C@H]2C(=O)O)cc(C)c1OCC(=O)N1CCCCC1. The van der Waals surface area contributed by atoms with Crippen molar-refractivity contribution in [2.45, 2.75) is 52.0 Å².